The minimum atomic E-state index is -2.32. The van der Waals surface area contributed by atoms with Gasteiger partial charge in [-0.1, -0.05) is 20.3 Å². The second-order valence-corrected chi connectivity index (χ2v) is 8.86. The van der Waals surface area contributed by atoms with Crippen molar-refractivity contribution in [1.82, 2.24) is 0 Å². The van der Waals surface area contributed by atoms with Crippen molar-refractivity contribution in [3.8, 4) is 0 Å². The molecule has 0 fully saturated rings. The summed E-state index contributed by atoms with van der Waals surface area (Å²) >= 11 is 2.02. The standard InChI is InChI=1S/C12H28O3SSi/c1-12(2)8-6-9-16-10-7-11-17(13-3,14-4)15-5/h12H,6-11H2,1-5H3. The highest BCUT2D eigenvalue weighted by Gasteiger charge is 2.36. The molecular weight excluding hydrogens is 252 g/mol. The molecule has 0 bridgehead atoms. The average molecular weight is 281 g/mol. The molecule has 0 unspecified atom stereocenters. The number of thioether (sulfide) groups is 1. The van der Waals surface area contributed by atoms with Gasteiger partial charge in [-0.05, 0) is 30.3 Å². The van der Waals surface area contributed by atoms with Gasteiger partial charge in [0.05, 0.1) is 0 Å². The van der Waals surface area contributed by atoms with E-state index in [0.29, 0.717) is 0 Å². The molecule has 0 aromatic carbocycles. The molecule has 0 amide bonds. The summed E-state index contributed by atoms with van der Waals surface area (Å²) in [4.78, 5) is 0. The Labute approximate surface area is 112 Å². The maximum atomic E-state index is 5.38. The van der Waals surface area contributed by atoms with Crippen LogP contribution in [0.2, 0.25) is 6.04 Å². The topological polar surface area (TPSA) is 27.7 Å². The van der Waals surface area contributed by atoms with Crippen molar-refractivity contribution < 1.29 is 13.3 Å². The molecule has 0 saturated carbocycles. The van der Waals surface area contributed by atoms with Gasteiger partial charge in [0, 0.05) is 27.4 Å². The van der Waals surface area contributed by atoms with Crippen LogP contribution in [0.3, 0.4) is 0 Å². The third-order valence-corrected chi connectivity index (χ3v) is 6.76. The van der Waals surface area contributed by atoms with Crippen molar-refractivity contribution in [3.63, 3.8) is 0 Å². The molecule has 0 aliphatic heterocycles. The maximum Gasteiger partial charge on any atom is 0.500 e. The van der Waals surface area contributed by atoms with Crippen LogP contribution in [0.25, 0.3) is 0 Å². The third kappa shape index (κ3) is 8.21. The van der Waals surface area contributed by atoms with Crippen LogP contribution in [0.1, 0.15) is 33.1 Å². The summed E-state index contributed by atoms with van der Waals surface area (Å²) in [5, 5.41) is 0. The minimum absolute atomic E-state index is 0.825. The molecule has 0 spiro atoms. The summed E-state index contributed by atoms with van der Waals surface area (Å²) in [5.41, 5.74) is 0. The maximum absolute atomic E-state index is 5.38. The van der Waals surface area contributed by atoms with Crippen LogP contribution in [0.15, 0.2) is 0 Å². The number of hydrogen-bond donors (Lipinski definition) is 0. The minimum Gasteiger partial charge on any atom is -0.377 e. The number of hydrogen-bond acceptors (Lipinski definition) is 4. The van der Waals surface area contributed by atoms with Gasteiger partial charge in [-0.3, -0.25) is 0 Å². The lowest BCUT2D eigenvalue weighted by Gasteiger charge is -2.24. The summed E-state index contributed by atoms with van der Waals surface area (Å²) in [6.45, 7) is 4.56. The fourth-order valence-electron chi connectivity index (χ4n) is 1.64. The van der Waals surface area contributed by atoms with Crippen molar-refractivity contribution >= 4 is 20.6 Å². The summed E-state index contributed by atoms with van der Waals surface area (Å²) < 4.78 is 16.1. The summed E-state index contributed by atoms with van der Waals surface area (Å²) in [6.07, 6.45) is 3.76. The van der Waals surface area contributed by atoms with Crippen LogP contribution >= 0.6 is 11.8 Å². The Kier molecular flexibility index (Phi) is 10.6. The third-order valence-electron chi connectivity index (χ3n) is 2.77. The Morgan fingerprint density at radius 3 is 1.94 bits per heavy atom. The van der Waals surface area contributed by atoms with Gasteiger partial charge in [0.1, 0.15) is 0 Å². The molecule has 17 heavy (non-hydrogen) atoms. The summed E-state index contributed by atoms with van der Waals surface area (Å²) in [6, 6.07) is 0.910. The first kappa shape index (κ1) is 17.4. The van der Waals surface area contributed by atoms with Crippen molar-refractivity contribution in [2.75, 3.05) is 32.8 Å². The molecule has 0 rings (SSSR count). The highest BCUT2D eigenvalue weighted by atomic mass is 32.2. The lowest BCUT2D eigenvalue weighted by Crippen LogP contribution is -2.42. The van der Waals surface area contributed by atoms with E-state index in [-0.39, 0.29) is 0 Å². The molecule has 0 aromatic heterocycles. The highest BCUT2D eigenvalue weighted by molar-refractivity contribution is 7.99. The molecule has 0 aliphatic carbocycles. The zero-order chi connectivity index (χ0) is 13.1. The molecule has 0 N–H and O–H groups in total. The Morgan fingerprint density at radius 2 is 1.47 bits per heavy atom. The predicted molar refractivity (Wildman–Crippen MR) is 77.6 cm³/mol. The second-order valence-electron chi connectivity index (χ2n) is 4.55. The van der Waals surface area contributed by atoms with E-state index in [1.165, 1.54) is 24.3 Å². The molecule has 5 heteroatoms. The van der Waals surface area contributed by atoms with Crippen LogP contribution in [0.5, 0.6) is 0 Å². The fraction of sp³-hybridized carbons (Fsp3) is 1.00. The zero-order valence-corrected chi connectivity index (χ0v) is 13.8. The molecule has 0 atom stereocenters. The SMILES string of the molecule is CO[Si](CCCSCCCC(C)C)(OC)OC. The Bertz CT molecular complexity index is 167. The van der Waals surface area contributed by atoms with Crippen LogP contribution in [-0.4, -0.2) is 41.6 Å². The van der Waals surface area contributed by atoms with Gasteiger partial charge in [-0.25, -0.2) is 0 Å². The van der Waals surface area contributed by atoms with Crippen molar-refractivity contribution in [2.24, 2.45) is 5.92 Å². The van der Waals surface area contributed by atoms with E-state index in [2.05, 4.69) is 13.8 Å². The summed E-state index contributed by atoms with van der Waals surface area (Å²) in [5.74, 6) is 3.26. The van der Waals surface area contributed by atoms with Gasteiger partial charge >= 0.3 is 8.80 Å². The van der Waals surface area contributed by atoms with E-state index in [0.717, 1.165) is 18.4 Å². The predicted octanol–water partition coefficient (Wildman–Crippen LogP) is 3.42. The first-order chi connectivity index (χ1) is 8.10. The van der Waals surface area contributed by atoms with Gasteiger partial charge in [-0.2, -0.15) is 11.8 Å². The van der Waals surface area contributed by atoms with Crippen LogP contribution in [-0.2, 0) is 13.3 Å². The highest BCUT2D eigenvalue weighted by Crippen LogP contribution is 2.18. The van der Waals surface area contributed by atoms with Crippen molar-refractivity contribution in [3.05, 3.63) is 0 Å². The van der Waals surface area contributed by atoms with E-state index in [1.54, 1.807) is 21.3 Å². The molecule has 0 radical (unpaired) electrons. The molecule has 3 nitrogen and oxygen atoms in total. The van der Waals surface area contributed by atoms with Gasteiger partial charge in [0.25, 0.3) is 0 Å². The quantitative estimate of drug-likeness (QED) is 0.428. The normalized spacial score (nSPS) is 12.4. The van der Waals surface area contributed by atoms with E-state index >= 15 is 0 Å². The van der Waals surface area contributed by atoms with Crippen LogP contribution in [0, 0.1) is 5.92 Å². The van der Waals surface area contributed by atoms with E-state index in [1.807, 2.05) is 11.8 Å². The van der Waals surface area contributed by atoms with Crippen molar-refractivity contribution in [1.29, 1.82) is 0 Å². The molecule has 0 heterocycles. The van der Waals surface area contributed by atoms with Crippen LogP contribution in [0.4, 0.5) is 0 Å². The van der Waals surface area contributed by atoms with E-state index in [4.69, 9.17) is 13.3 Å². The van der Waals surface area contributed by atoms with E-state index in [9.17, 15) is 0 Å². The number of rotatable bonds is 11. The molecule has 0 aromatic rings. The Morgan fingerprint density at radius 1 is 0.941 bits per heavy atom. The zero-order valence-electron chi connectivity index (χ0n) is 12.0. The summed E-state index contributed by atoms with van der Waals surface area (Å²) in [7, 11) is 2.71. The lowest BCUT2D eigenvalue weighted by molar-refractivity contribution is 0.123. The van der Waals surface area contributed by atoms with Gasteiger partial charge < -0.3 is 13.3 Å². The largest absolute Gasteiger partial charge is 0.500 e. The molecular formula is C12H28O3SSi. The molecule has 0 saturated heterocycles. The fourth-order valence-corrected chi connectivity index (χ4v) is 4.54. The average Bonchev–Trinajstić information content (AvgIpc) is 2.33. The second kappa shape index (κ2) is 10.4. The first-order valence-electron chi connectivity index (χ1n) is 6.33. The van der Waals surface area contributed by atoms with Crippen molar-refractivity contribution in [2.45, 2.75) is 39.2 Å². The smallest absolute Gasteiger partial charge is 0.377 e. The van der Waals surface area contributed by atoms with Crippen LogP contribution < -0.4 is 0 Å². The lowest BCUT2D eigenvalue weighted by atomic mass is 10.1. The Hall–Kier alpha value is 0.447. The van der Waals surface area contributed by atoms with Gasteiger partial charge in [0.15, 0.2) is 0 Å². The monoisotopic (exact) mass is 280 g/mol. The molecule has 104 valence electrons. The van der Waals surface area contributed by atoms with Gasteiger partial charge in [0.2, 0.25) is 0 Å². The Balaban J connectivity index is 3.49. The van der Waals surface area contributed by atoms with E-state index < -0.39 is 8.80 Å². The first-order valence-corrected chi connectivity index (χ1v) is 9.42. The molecule has 0 aliphatic rings. The van der Waals surface area contributed by atoms with Gasteiger partial charge in [-0.15, -0.1) is 0 Å².